The molecule has 0 aromatic carbocycles. The fourth-order valence-corrected chi connectivity index (χ4v) is 1.17. The van der Waals surface area contributed by atoms with Gasteiger partial charge in [0.15, 0.2) is 0 Å². The Morgan fingerprint density at radius 2 is 2.27 bits per heavy atom. The van der Waals surface area contributed by atoms with Crippen LogP contribution in [0.15, 0.2) is 29.4 Å². The van der Waals surface area contributed by atoms with Crippen LogP contribution in [0.1, 0.15) is 6.42 Å². The number of rotatable bonds is 4. The smallest absolute Gasteiger partial charge is 0.385 e. The summed E-state index contributed by atoms with van der Waals surface area (Å²) in [7, 11) is 0. The van der Waals surface area contributed by atoms with E-state index < -0.39 is 11.2 Å². The van der Waals surface area contributed by atoms with Crippen molar-refractivity contribution in [3.8, 4) is 0 Å². The van der Waals surface area contributed by atoms with Gasteiger partial charge < -0.3 is 4.74 Å². The van der Waals surface area contributed by atoms with Gasteiger partial charge in [-0.1, -0.05) is 12.2 Å². The SMILES string of the molecule is O=[C]OC(C1=CC=CCC1=C=O)[N+](=O)[O-]. The summed E-state index contributed by atoms with van der Waals surface area (Å²) in [5, 5.41) is 10.5. The topological polar surface area (TPSA) is 86.5 Å². The average Bonchev–Trinajstić information content (AvgIpc) is 2.25. The molecule has 15 heavy (non-hydrogen) atoms. The third-order valence-corrected chi connectivity index (χ3v) is 1.82. The number of allylic oxidation sites excluding steroid dienone is 3. The number of hydrogen-bond donors (Lipinski definition) is 0. The molecule has 0 aromatic rings. The Labute approximate surface area is 84.7 Å². The molecular formula is C9H6NO5. The van der Waals surface area contributed by atoms with Crippen molar-refractivity contribution < 1.29 is 19.2 Å². The van der Waals surface area contributed by atoms with Crippen molar-refractivity contribution >= 4 is 12.4 Å². The maximum atomic E-state index is 10.5. The molecule has 1 radical (unpaired) electrons. The van der Waals surface area contributed by atoms with Crippen LogP contribution in [-0.2, 0) is 14.3 Å². The van der Waals surface area contributed by atoms with E-state index in [1.165, 1.54) is 6.08 Å². The molecule has 6 nitrogen and oxygen atoms in total. The molecule has 0 heterocycles. The molecular weight excluding hydrogens is 202 g/mol. The van der Waals surface area contributed by atoms with E-state index in [1.807, 2.05) is 0 Å². The quantitative estimate of drug-likeness (QED) is 0.287. The van der Waals surface area contributed by atoms with Gasteiger partial charge in [0.1, 0.15) is 5.94 Å². The summed E-state index contributed by atoms with van der Waals surface area (Å²) in [6.45, 7) is 0.991. The fourth-order valence-electron chi connectivity index (χ4n) is 1.17. The number of ether oxygens (including phenoxy) is 1. The number of nitro groups is 1. The Hall–Kier alpha value is -2.20. The average molecular weight is 208 g/mol. The standard InChI is InChI=1S/C9H6NO5/c11-5-7-3-1-2-4-8(7)9(10(13)14)15-6-12/h1-2,4,9H,3H2. The van der Waals surface area contributed by atoms with E-state index in [4.69, 9.17) is 0 Å². The highest BCUT2D eigenvalue weighted by Crippen LogP contribution is 2.22. The molecule has 0 saturated heterocycles. The van der Waals surface area contributed by atoms with E-state index in [-0.39, 0.29) is 17.6 Å². The Bertz CT molecular complexity index is 389. The minimum atomic E-state index is -1.69. The number of hydrogen-bond acceptors (Lipinski definition) is 5. The van der Waals surface area contributed by atoms with E-state index in [0.717, 1.165) is 6.47 Å². The summed E-state index contributed by atoms with van der Waals surface area (Å²) >= 11 is 0. The van der Waals surface area contributed by atoms with Gasteiger partial charge in [0, 0.05) is 6.42 Å². The van der Waals surface area contributed by atoms with Crippen molar-refractivity contribution in [1.29, 1.82) is 0 Å². The normalized spacial score (nSPS) is 16.3. The van der Waals surface area contributed by atoms with Crippen molar-refractivity contribution in [3.05, 3.63) is 39.5 Å². The third kappa shape index (κ3) is 2.38. The Balaban J connectivity index is 3.05. The predicted octanol–water partition coefficient (Wildman–Crippen LogP) is 0.317. The van der Waals surface area contributed by atoms with Gasteiger partial charge >= 0.3 is 12.7 Å². The van der Waals surface area contributed by atoms with Gasteiger partial charge in [-0.05, 0) is 6.08 Å². The molecule has 0 fully saturated rings. The van der Waals surface area contributed by atoms with E-state index in [9.17, 15) is 19.7 Å². The fraction of sp³-hybridized carbons (Fsp3) is 0.222. The first kappa shape index (κ1) is 10.9. The molecule has 0 saturated carbocycles. The minimum absolute atomic E-state index is 0.0286. The zero-order valence-electron chi connectivity index (χ0n) is 7.50. The Kier molecular flexibility index (Phi) is 3.54. The van der Waals surface area contributed by atoms with Crippen LogP contribution in [0.3, 0.4) is 0 Å². The largest absolute Gasteiger partial charge is 0.423 e. The van der Waals surface area contributed by atoms with Crippen LogP contribution in [0.25, 0.3) is 0 Å². The minimum Gasteiger partial charge on any atom is -0.385 e. The van der Waals surface area contributed by atoms with Gasteiger partial charge in [-0.2, -0.15) is 0 Å². The molecule has 6 heteroatoms. The first-order valence-corrected chi connectivity index (χ1v) is 3.98. The maximum absolute atomic E-state index is 10.5. The summed E-state index contributed by atoms with van der Waals surface area (Å²) in [6.07, 6.45) is 3.08. The molecule has 0 amide bonds. The molecule has 0 spiro atoms. The number of carbonyl (C=O) groups excluding carboxylic acids is 2. The van der Waals surface area contributed by atoms with E-state index in [1.54, 1.807) is 18.1 Å². The molecule has 1 aliphatic carbocycles. The summed E-state index contributed by atoms with van der Waals surface area (Å²) in [5.41, 5.74) is 0.135. The zero-order valence-corrected chi connectivity index (χ0v) is 7.50. The van der Waals surface area contributed by atoms with Crippen LogP contribution in [-0.4, -0.2) is 23.6 Å². The monoisotopic (exact) mass is 208 g/mol. The molecule has 1 rings (SSSR count). The zero-order chi connectivity index (χ0) is 11.3. The molecule has 1 aliphatic rings. The van der Waals surface area contributed by atoms with Crippen molar-refractivity contribution in [2.45, 2.75) is 12.6 Å². The maximum Gasteiger partial charge on any atom is 0.423 e. The molecule has 1 unspecified atom stereocenters. The second kappa shape index (κ2) is 4.88. The molecule has 0 N–H and O–H groups in total. The molecule has 0 aromatic heterocycles. The van der Waals surface area contributed by atoms with Gasteiger partial charge in [-0.15, -0.1) is 0 Å². The third-order valence-electron chi connectivity index (χ3n) is 1.82. The highest BCUT2D eigenvalue weighted by atomic mass is 16.7. The predicted molar refractivity (Wildman–Crippen MR) is 48.6 cm³/mol. The van der Waals surface area contributed by atoms with Gasteiger partial charge in [0.05, 0.1) is 16.1 Å². The summed E-state index contributed by atoms with van der Waals surface area (Å²) in [5.74, 6) is 1.58. The lowest BCUT2D eigenvalue weighted by molar-refractivity contribution is -0.553. The lowest BCUT2D eigenvalue weighted by Crippen LogP contribution is -2.26. The van der Waals surface area contributed by atoms with Crippen LogP contribution in [0.5, 0.6) is 0 Å². The van der Waals surface area contributed by atoms with Gasteiger partial charge in [0.25, 0.3) is 0 Å². The van der Waals surface area contributed by atoms with Crippen molar-refractivity contribution in [2.24, 2.45) is 0 Å². The summed E-state index contributed by atoms with van der Waals surface area (Å²) in [4.78, 5) is 30.2. The van der Waals surface area contributed by atoms with Crippen LogP contribution in [0, 0.1) is 10.1 Å². The van der Waals surface area contributed by atoms with Crippen LogP contribution in [0.2, 0.25) is 0 Å². The number of nitrogens with zero attached hydrogens (tertiary/aromatic N) is 1. The lowest BCUT2D eigenvalue weighted by Gasteiger charge is -2.12. The second-order valence-corrected chi connectivity index (χ2v) is 2.67. The first-order chi connectivity index (χ1) is 7.20. The van der Waals surface area contributed by atoms with Gasteiger partial charge in [-0.25, -0.2) is 9.59 Å². The van der Waals surface area contributed by atoms with Crippen molar-refractivity contribution in [2.75, 3.05) is 0 Å². The highest BCUT2D eigenvalue weighted by molar-refractivity contribution is 5.64. The Morgan fingerprint density at radius 3 is 2.80 bits per heavy atom. The van der Waals surface area contributed by atoms with Crippen LogP contribution < -0.4 is 0 Å². The molecule has 0 bridgehead atoms. The molecule has 0 aliphatic heterocycles. The van der Waals surface area contributed by atoms with E-state index in [0.29, 0.717) is 0 Å². The second-order valence-electron chi connectivity index (χ2n) is 2.67. The van der Waals surface area contributed by atoms with Gasteiger partial charge in [-0.3, -0.25) is 10.1 Å². The molecule has 77 valence electrons. The summed E-state index contributed by atoms with van der Waals surface area (Å²) < 4.78 is 4.17. The first-order valence-electron chi connectivity index (χ1n) is 3.98. The highest BCUT2D eigenvalue weighted by Gasteiger charge is 2.30. The molecule has 1 atom stereocenters. The van der Waals surface area contributed by atoms with Gasteiger partial charge in [0.2, 0.25) is 0 Å². The van der Waals surface area contributed by atoms with E-state index >= 15 is 0 Å². The van der Waals surface area contributed by atoms with Crippen molar-refractivity contribution in [3.63, 3.8) is 0 Å². The van der Waals surface area contributed by atoms with E-state index in [2.05, 4.69) is 4.74 Å². The summed E-state index contributed by atoms with van der Waals surface area (Å²) in [6, 6.07) is 0. The van der Waals surface area contributed by atoms with Crippen LogP contribution >= 0.6 is 0 Å². The van der Waals surface area contributed by atoms with Crippen molar-refractivity contribution in [1.82, 2.24) is 0 Å². The lowest BCUT2D eigenvalue weighted by atomic mass is 9.98. The Morgan fingerprint density at radius 1 is 1.53 bits per heavy atom. The van der Waals surface area contributed by atoms with Crippen LogP contribution in [0.4, 0.5) is 0 Å².